The topological polar surface area (TPSA) is 20.2 Å². The van der Waals surface area contributed by atoms with Gasteiger partial charge in [-0.25, -0.2) is 8.78 Å². The molecule has 0 aromatic heterocycles. The Morgan fingerprint density at radius 2 is 1.88 bits per heavy atom. The fourth-order valence-corrected chi connectivity index (χ4v) is 2.31. The zero-order chi connectivity index (χ0) is 12.3. The number of aromatic hydroxyl groups is 1. The number of phenols is 1. The standard InChI is InChI=1S/C13H10F2OS/c14-10-4-5-13(15)9(6-10)8-17-12-3-1-2-11(16)7-12/h1-7,16H,8H2. The largest absolute Gasteiger partial charge is 0.508 e. The fourth-order valence-electron chi connectivity index (χ4n) is 1.39. The Kier molecular flexibility index (Phi) is 3.64. The highest BCUT2D eigenvalue weighted by Crippen LogP contribution is 2.26. The number of hydrogen-bond donors (Lipinski definition) is 1. The van der Waals surface area contributed by atoms with Crippen molar-refractivity contribution in [2.75, 3.05) is 0 Å². The van der Waals surface area contributed by atoms with Crippen molar-refractivity contribution < 1.29 is 13.9 Å². The predicted octanol–water partition coefficient (Wildman–Crippen LogP) is 3.96. The summed E-state index contributed by atoms with van der Waals surface area (Å²) < 4.78 is 26.2. The van der Waals surface area contributed by atoms with Gasteiger partial charge < -0.3 is 5.11 Å². The summed E-state index contributed by atoms with van der Waals surface area (Å²) in [5.74, 6) is -0.376. The number of hydrogen-bond acceptors (Lipinski definition) is 2. The van der Waals surface area contributed by atoms with E-state index in [4.69, 9.17) is 0 Å². The number of phenolic OH excluding ortho intramolecular Hbond substituents is 1. The van der Waals surface area contributed by atoms with Crippen molar-refractivity contribution in [3.63, 3.8) is 0 Å². The molecule has 1 nitrogen and oxygen atoms in total. The van der Waals surface area contributed by atoms with E-state index in [0.29, 0.717) is 11.3 Å². The van der Waals surface area contributed by atoms with Crippen LogP contribution < -0.4 is 0 Å². The van der Waals surface area contributed by atoms with Gasteiger partial charge >= 0.3 is 0 Å². The molecule has 0 radical (unpaired) electrons. The van der Waals surface area contributed by atoms with Gasteiger partial charge in [0.2, 0.25) is 0 Å². The lowest BCUT2D eigenvalue weighted by Crippen LogP contribution is -1.89. The molecule has 0 aliphatic rings. The third-order valence-corrected chi connectivity index (χ3v) is 3.26. The van der Waals surface area contributed by atoms with Gasteiger partial charge in [0.1, 0.15) is 17.4 Å². The molecule has 0 saturated carbocycles. The smallest absolute Gasteiger partial charge is 0.127 e. The summed E-state index contributed by atoms with van der Waals surface area (Å²) in [6.07, 6.45) is 0. The quantitative estimate of drug-likeness (QED) is 0.834. The third kappa shape index (κ3) is 3.20. The van der Waals surface area contributed by atoms with Crippen LogP contribution in [-0.4, -0.2) is 5.11 Å². The average Bonchev–Trinajstić information content (AvgIpc) is 2.30. The van der Waals surface area contributed by atoms with Gasteiger partial charge in [-0.3, -0.25) is 0 Å². The second-order valence-corrected chi connectivity index (χ2v) is 4.57. The van der Waals surface area contributed by atoms with Gasteiger partial charge in [0.05, 0.1) is 0 Å². The second kappa shape index (κ2) is 5.19. The molecular formula is C13H10F2OS. The molecule has 4 heteroatoms. The van der Waals surface area contributed by atoms with Crippen LogP contribution in [-0.2, 0) is 5.75 Å². The maximum Gasteiger partial charge on any atom is 0.127 e. The molecular weight excluding hydrogens is 242 g/mol. The molecule has 0 saturated heterocycles. The van der Waals surface area contributed by atoms with Crippen LogP contribution in [0.5, 0.6) is 5.75 Å². The second-order valence-electron chi connectivity index (χ2n) is 3.52. The Bertz CT molecular complexity index is 529. The summed E-state index contributed by atoms with van der Waals surface area (Å²) in [5, 5.41) is 9.26. The van der Waals surface area contributed by atoms with E-state index in [9.17, 15) is 13.9 Å². The monoisotopic (exact) mass is 252 g/mol. The molecule has 0 aliphatic heterocycles. The van der Waals surface area contributed by atoms with E-state index in [1.165, 1.54) is 17.8 Å². The summed E-state index contributed by atoms with van der Waals surface area (Å²) in [7, 11) is 0. The average molecular weight is 252 g/mol. The molecule has 0 unspecified atom stereocenters. The summed E-state index contributed by atoms with van der Waals surface area (Å²) in [5.41, 5.74) is 0.318. The Labute approximate surface area is 102 Å². The van der Waals surface area contributed by atoms with Crippen LogP contribution in [0.1, 0.15) is 5.56 Å². The van der Waals surface area contributed by atoms with Crippen molar-refractivity contribution in [1.29, 1.82) is 0 Å². The fraction of sp³-hybridized carbons (Fsp3) is 0.0769. The van der Waals surface area contributed by atoms with E-state index >= 15 is 0 Å². The van der Waals surface area contributed by atoms with Gasteiger partial charge in [-0.2, -0.15) is 0 Å². The van der Waals surface area contributed by atoms with Crippen molar-refractivity contribution in [3.05, 3.63) is 59.7 Å². The lowest BCUT2D eigenvalue weighted by molar-refractivity contribution is 0.474. The van der Waals surface area contributed by atoms with Crippen LogP contribution in [0.3, 0.4) is 0 Å². The first-order valence-electron chi connectivity index (χ1n) is 5.01. The molecule has 2 aromatic rings. The van der Waals surface area contributed by atoms with Crippen LogP contribution in [0.25, 0.3) is 0 Å². The lowest BCUT2D eigenvalue weighted by Gasteiger charge is -2.04. The molecule has 0 amide bonds. The van der Waals surface area contributed by atoms with Gasteiger partial charge in [-0.05, 0) is 36.4 Å². The van der Waals surface area contributed by atoms with Crippen LogP contribution >= 0.6 is 11.8 Å². The van der Waals surface area contributed by atoms with Crippen LogP contribution in [0, 0.1) is 11.6 Å². The minimum atomic E-state index is -0.446. The van der Waals surface area contributed by atoms with Crippen LogP contribution in [0.15, 0.2) is 47.4 Å². The molecule has 0 spiro atoms. The van der Waals surface area contributed by atoms with E-state index in [-0.39, 0.29) is 5.75 Å². The number of benzene rings is 2. The summed E-state index contributed by atoms with van der Waals surface area (Å²) in [6.45, 7) is 0. The number of halogens is 2. The minimum absolute atomic E-state index is 0.162. The van der Waals surface area contributed by atoms with Crippen LogP contribution in [0.4, 0.5) is 8.78 Å². The van der Waals surface area contributed by atoms with Crippen molar-refractivity contribution >= 4 is 11.8 Å². The lowest BCUT2D eigenvalue weighted by atomic mass is 10.2. The van der Waals surface area contributed by atoms with E-state index in [2.05, 4.69) is 0 Å². The van der Waals surface area contributed by atoms with Gasteiger partial charge in [-0.15, -0.1) is 11.8 Å². The van der Waals surface area contributed by atoms with E-state index in [1.54, 1.807) is 18.2 Å². The SMILES string of the molecule is Oc1cccc(SCc2cc(F)ccc2F)c1. The molecule has 0 bridgehead atoms. The van der Waals surface area contributed by atoms with Gasteiger partial charge in [-0.1, -0.05) is 6.07 Å². The summed E-state index contributed by atoms with van der Waals surface area (Å²) >= 11 is 1.34. The minimum Gasteiger partial charge on any atom is -0.508 e. The molecule has 0 aliphatic carbocycles. The van der Waals surface area contributed by atoms with E-state index < -0.39 is 11.6 Å². The molecule has 17 heavy (non-hydrogen) atoms. The molecule has 1 N–H and O–H groups in total. The Morgan fingerprint density at radius 1 is 1.06 bits per heavy atom. The van der Waals surface area contributed by atoms with Crippen molar-refractivity contribution in [2.24, 2.45) is 0 Å². The van der Waals surface area contributed by atoms with Crippen LogP contribution in [0.2, 0.25) is 0 Å². The van der Waals surface area contributed by atoms with Gasteiger partial charge in [0.15, 0.2) is 0 Å². The van der Waals surface area contributed by atoms with Crippen molar-refractivity contribution in [2.45, 2.75) is 10.6 Å². The number of thioether (sulfide) groups is 1. The predicted molar refractivity (Wildman–Crippen MR) is 64.0 cm³/mol. The normalized spacial score (nSPS) is 10.5. The Balaban J connectivity index is 2.09. The molecule has 2 rings (SSSR count). The van der Waals surface area contributed by atoms with Gasteiger partial charge in [0.25, 0.3) is 0 Å². The third-order valence-electron chi connectivity index (χ3n) is 2.22. The molecule has 0 fully saturated rings. The molecule has 0 heterocycles. The van der Waals surface area contributed by atoms with Gasteiger partial charge in [0, 0.05) is 16.2 Å². The highest BCUT2D eigenvalue weighted by Gasteiger charge is 2.04. The molecule has 0 atom stereocenters. The van der Waals surface area contributed by atoms with E-state index in [1.807, 2.05) is 6.07 Å². The first-order valence-corrected chi connectivity index (χ1v) is 5.99. The zero-order valence-electron chi connectivity index (χ0n) is 8.86. The summed E-state index contributed by atoms with van der Waals surface area (Å²) in [4.78, 5) is 0.814. The highest BCUT2D eigenvalue weighted by atomic mass is 32.2. The first-order chi connectivity index (χ1) is 8.15. The first kappa shape index (κ1) is 11.9. The Hall–Kier alpha value is -1.55. The van der Waals surface area contributed by atoms with Crippen molar-refractivity contribution in [3.8, 4) is 5.75 Å². The summed E-state index contributed by atoms with van der Waals surface area (Å²) in [6, 6.07) is 10.1. The molecule has 2 aromatic carbocycles. The van der Waals surface area contributed by atoms with E-state index in [0.717, 1.165) is 17.0 Å². The maximum absolute atomic E-state index is 13.3. The Morgan fingerprint density at radius 3 is 2.65 bits per heavy atom. The highest BCUT2D eigenvalue weighted by molar-refractivity contribution is 7.98. The molecule has 88 valence electrons. The maximum atomic E-state index is 13.3. The number of rotatable bonds is 3. The zero-order valence-corrected chi connectivity index (χ0v) is 9.68. The van der Waals surface area contributed by atoms with Crippen molar-refractivity contribution in [1.82, 2.24) is 0 Å².